The summed E-state index contributed by atoms with van der Waals surface area (Å²) in [6, 6.07) is 4.10. The van der Waals surface area contributed by atoms with Crippen LogP contribution in [0.2, 0.25) is 0 Å². The van der Waals surface area contributed by atoms with Crippen molar-refractivity contribution in [1.29, 1.82) is 0 Å². The number of rotatable bonds is 3. The predicted octanol–water partition coefficient (Wildman–Crippen LogP) is 1.40. The average Bonchev–Trinajstić information content (AvgIpc) is 2.35. The van der Waals surface area contributed by atoms with Crippen molar-refractivity contribution in [2.75, 3.05) is 24.2 Å². The van der Waals surface area contributed by atoms with Crippen LogP contribution in [-0.2, 0) is 14.6 Å². The van der Waals surface area contributed by atoms with E-state index in [2.05, 4.69) is 0 Å². The van der Waals surface area contributed by atoms with Crippen molar-refractivity contribution in [2.45, 2.75) is 31.0 Å². The molecule has 1 aromatic rings. The van der Waals surface area contributed by atoms with Gasteiger partial charge in [0.25, 0.3) is 0 Å². The number of benzene rings is 1. The first-order valence-corrected chi connectivity index (χ1v) is 8.55. The lowest BCUT2D eigenvalue weighted by molar-refractivity contribution is -0.00537. The van der Waals surface area contributed by atoms with E-state index in [-0.39, 0.29) is 22.7 Å². The van der Waals surface area contributed by atoms with Crippen LogP contribution in [0.15, 0.2) is 23.1 Å². The van der Waals surface area contributed by atoms with Crippen molar-refractivity contribution >= 4 is 21.5 Å². The second-order valence-electron chi connectivity index (χ2n) is 5.42. The molecule has 0 radical (unpaired) electrons. The Morgan fingerprint density at radius 2 is 1.86 bits per heavy atom. The van der Waals surface area contributed by atoms with E-state index in [1.807, 2.05) is 18.7 Å². The SMILES string of the molecule is CC1CN(c2cc(C(=O)O)ccc2S(C)(=O)=O)CC(C)O1. The summed E-state index contributed by atoms with van der Waals surface area (Å²) in [6.45, 7) is 4.86. The largest absolute Gasteiger partial charge is 0.478 e. The molecule has 1 fully saturated rings. The van der Waals surface area contributed by atoms with E-state index in [1.54, 1.807) is 0 Å². The van der Waals surface area contributed by atoms with Gasteiger partial charge in [-0.2, -0.15) is 0 Å². The molecule has 1 aliphatic rings. The fraction of sp³-hybridized carbons (Fsp3) is 0.500. The number of morpholine rings is 1. The maximum Gasteiger partial charge on any atom is 0.335 e. The number of anilines is 1. The van der Waals surface area contributed by atoms with Crippen LogP contribution in [0.1, 0.15) is 24.2 Å². The predicted molar refractivity (Wildman–Crippen MR) is 78.7 cm³/mol. The molecule has 0 aromatic heterocycles. The highest BCUT2D eigenvalue weighted by molar-refractivity contribution is 7.90. The standard InChI is InChI=1S/C14H19NO5S/c1-9-7-15(8-10(2)20-9)12-6-11(14(16)17)4-5-13(12)21(3,18)19/h4-6,9-10H,7-8H2,1-3H3,(H,16,17). The fourth-order valence-electron chi connectivity index (χ4n) is 2.59. The van der Waals surface area contributed by atoms with Gasteiger partial charge < -0.3 is 14.7 Å². The first-order chi connectivity index (χ1) is 9.68. The molecule has 7 heteroatoms. The number of carbonyl (C=O) groups is 1. The van der Waals surface area contributed by atoms with Crippen LogP contribution in [0.4, 0.5) is 5.69 Å². The molecule has 1 aromatic carbocycles. The highest BCUT2D eigenvalue weighted by atomic mass is 32.2. The van der Waals surface area contributed by atoms with Crippen LogP contribution < -0.4 is 4.90 Å². The summed E-state index contributed by atoms with van der Waals surface area (Å²) in [5.41, 5.74) is 0.503. The van der Waals surface area contributed by atoms with E-state index >= 15 is 0 Å². The molecule has 0 amide bonds. The van der Waals surface area contributed by atoms with Gasteiger partial charge >= 0.3 is 5.97 Å². The van der Waals surface area contributed by atoms with Gasteiger partial charge in [-0.1, -0.05) is 0 Å². The van der Waals surface area contributed by atoms with E-state index < -0.39 is 15.8 Å². The molecular formula is C14H19NO5S. The zero-order chi connectivity index (χ0) is 15.8. The highest BCUT2D eigenvalue weighted by Gasteiger charge is 2.27. The first kappa shape index (κ1) is 15.8. The van der Waals surface area contributed by atoms with Gasteiger partial charge in [0.1, 0.15) is 0 Å². The average molecular weight is 313 g/mol. The second-order valence-corrected chi connectivity index (χ2v) is 7.41. The third-order valence-corrected chi connectivity index (χ3v) is 4.51. The van der Waals surface area contributed by atoms with Gasteiger partial charge in [0, 0.05) is 19.3 Å². The summed E-state index contributed by atoms with van der Waals surface area (Å²) < 4.78 is 29.5. The maximum absolute atomic E-state index is 11.9. The molecule has 0 spiro atoms. The number of hydrogen-bond donors (Lipinski definition) is 1. The fourth-order valence-corrected chi connectivity index (χ4v) is 3.47. The summed E-state index contributed by atoms with van der Waals surface area (Å²) in [6.07, 6.45) is 1.03. The van der Waals surface area contributed by atoms with Crippen LogP contribution >= 0.6 is 0 Å². The Bertz CT molecular complexity index is 645. The first-order valence-electron chi connectivity index (χ1n) is 6.66. The van der Waals surface area contributed by atoms with Crippen LogP contribution in [0.5, 0.6) is 0 Å². The van der Waals surface area contributed by atoms with Gasteiger partial charge in [0.15, 0.2) is 9.84 Å². The number of carboxylic acid groups (broad SMARTS) is 1. The van der Waals surface area contributed by atoms with Gasteiger partial charge in [0.05, 0.1) is 28.4 Å². The van der Waals surface area contributed by atoms with Gasteiger partial charge in [-0.05, 0) is 32.0 Å². The molecule has 1 aliphatic heterocycles. The maximum atomic E-state index is 11.9. The minimum atomic E-state index is -3.44. The van der Waals surface area contributed by atoms with Crippen molar-refractivity contribution in [1.82, 2.24) is 0 Å². The Hall–Kier alpha value is -1.60. The molecule has 0 saturated carbocycles. The number of carboxylic acids is 1. The summed E-state index contributed by atoms with van der Waals surface area (Å²) in [5.74, 6) is -1.08. The number of ether oxygens (including phenoxy) is 1. The Kier molecular flexibility index (Phi) is 4.25. The molecule has 1 heterocycles. The van der Waals surface area contributed by atoms with E-state index in [0.717, 1.165) is 6.26 Å². The van der Waals surface area contributed by atoms with Crippen LogP contribution in [0, 0.1) is 0 Å². The molecule has 0 aliphatic carbocycles. The van der Waals surface area contributed by atoms with Crippen LogP contribution in [0.3, 0.4) is 0 Å². The monoisotopic (exact) mass is 313 g/mol. The molecule has 0 bridgehead atoms. The lowest BCUT2D eigenvalue weighted by Crippen LogP contribution is -2.46. The van der Waals surface area contributed by atoms with Gasteiger partial charge in [-0.15, -0.1) is 0 Å². The molecule has 2 atom stereocenters. The Morgan fingerprint density at radius 3 is 2.33 bits per heavy atom. The van der Waals surface area contributed by atoms with E-state index in [1.165, 1.54) is 18.2 Å². The number of sulfone groups is 1. The van der Waals surface area contributed by atoms with E-state index in [4.69, 9.17) is 9.84 Å². The zero-order valence-corrected chi connectivity index (χ0v) is 13.1. The molecular weight excluding hydrogens is 294 g/mol. The molecule has 116 valence electrons. The smallest absolute Gasteiger partial charge is 0.335 e. The minimum absolute atomic E-state index is 0.0466. The Balaban J connectivity index is 2.53. The third-order valence-electron chi connectivity index (χ3n) is 3.37. The number of aromatic carboxylic acids is 1. The van der Waals surface area contributed by atoms with Crippen LogP contribution in [0.25, 0.3) is 0 Å². The Morgan fingerprint density at radius 1 is 1.29 bits per heavy atom. The second kappa shape index (κ2) is 5.65. The number of hydrogen-bond acceptors (Lipinski definition) is 5. The van der Waals surface area contributed by atoms with Crippen molar-refractivity contribution in [3.8, 4) is 0 Å². The van der Waals surface area contributed by atoms with Crippen molar-refractivity contribution in [2.24, 2.45) is 0 Å². The van der Waals surface area contributed by atoms with Gasteiger partial charge in [0.2, 0.25) is 0 Å². The minimum Gasteiger partial charge on any atom is -0.478 e. The lowest BCUT2D eigenvalue weighted by Gasteiger charge is -2.37. The normalized spacial score (nSPS) is 23.1. The molecule has 1 saturated heterocycles. The lowest BCUT2D eigenvalue weighted by atomic mass is 10.1. The summed E-state index contributed by atoms with van der Waals surface area (Å²) in [7, 11) is -3.44. The summed E-state index contributed by atoms with van der Waals surface area (Å²) in [5, 5.41) is 9.11. The highest BCUT2D eigenvalue weighted by Crippen LogP contribution is 2.29. The topological polar surface area (TPSA) is 83.9 Å². The molecule has 21 heavy (non-hydrogen) atoms. The van der Waals surface area contributed by atoms with Crippen molar-refractivity contribution in [3.05, 3.63) is 23.8 Å². The van der Waals surface area contributed by atoms with Gasteiger partial charge in [-0.25, -0.2) is 13.2 Å². The molecule has 6 nitrogen and oxygen atoms in total. The zero-order valence-electron chi connectivity index (χ0n) is 12.2. The van der Waals surface area contributed by atoms with E-state index in [0.29, 0.717) is 18.8 Å². The summed E-state index contributed by atoms with van der Waals surface area (Å²) >= 11 is 0. The number of nitrogens with zero attached hydrogens (tertiary/aromatic N) is 1. The third kappa shape index (κ3) is 3.54. The Labute approximate surface area is 124 Å². The molecule has 2 unspecified atom stereocenters. The molecule has 2 rings (SSSR count). The van der Waals surface area contributed by atoms with Crippen molar-refractivity contribution in [3.63, 3.8) is 0 Å². The van der Waals surface area contributed by atoms with E-state index in [9.17, 15) is 13.2 Å². The molecule has 1 N–H and O–H groups in total. The van der Waals surface area contributed by atoms with Crippen molar-refractivity contribution < 1.29 is 23.1 Å². The summed E-state index contributed by atoms with van der Waals surface area (Å²) in [4.78, 5) is 13.2. The van der Waals surface area contributed by atoms with Crippen LogP contribution in [-0.4, -0.2) is 51.0 Å². The van der Waals surface area contributed by atoms with Gasteiger partial charge in [-0.3, -0.25) is 0 Å². The quantitative estimate of drug-likeness (QED) is 0.908.